The van der Waals surface area contributed by atoms with Crippen molar-refractivity contribution in [2.75, 3.05) is 6.54 Å². The summed E-state index contributed by atoms with van der Waals surface area (Å²) in [5.41, 5.74) is 0.731. The number of esters is 1. The third-order valence-corrected chi connectivity index (χ3v) is 3.58. The lowest BCUT2D eigenvalue weighted by Crippen LogP contribution is -2.26. The number of ether oxygens (including phenoxy) is 2. The standard InChI is InChI=1S/C20H18N2O5/c23-19(9-11-22-20(24)18-8-4-12-25-18)26-14-15-5-1-2-7-17(15)27-16-6-3-10-21-13-16/h1-8,10,12-13H,9,11,14H2,(H,22,24). The summed E-state index contributed by atoms with van der Waals surface area (Å²) in [7, 11) is 0. The van der Waals surface area contributed by atoms with E-state index in [9.17, 15) is 9.59 Å². The quantitative estimate of drug-likeness (QED) is 0.615. The van der Waals surface area contributed by atoms with E-state index in [1.165, 1.54) is 6.26 Å². The Bertz CT molecular complexity index is 878. The number of hydrogen-bond donors (Lipinski definition) is 1. The zero-order valence-electron chi connectivity index (χ0n) is 14.5. The molecule has 3 rings (SSSR count). The van der Waals surface area contributed by atoms with Gasteiger partial charge in [-0.2, -0.15) is 0 Å². The Morgan fingerprint density at radius 3 is 2.74 bits per heavy atom. The number of nitrogens with one attached hydrogen (secondary N) is 1. The molecule has 3 aromatic rings. The largest absolute Gasteiger partial charge is 0.461 e. The first-order valence-electron chi connectivity index (χ1n) is 8.35. The van der Waals surface area contributed by atoms with Crippen LogP contribution in [0.3, 0.4) is 0 Å². The Hall–Kier alpha value is -3.61. The number of para-hydroxylation sites is 1. The first-order chi connectivity index (χ1) is 13.2. The zero-order valence-corrected chi connectivity index (χ0v) is 14.5. The number of amides is 1. The summed E-state index contributed by atoms with van der Waals surface area (Å²) in [5, 5.41) is 2.59. The number of hydrogen-bond acceptors (Lipinski definition) is 6. The van der Waals surface area contributed by atoms with Crippen LogP contribution < -0.4 is 10.1 Å². The van der Waals surface area contributed by atoms with Gasteiger partial charge >= 0.3 is 5.97 Å². The Labute approximate surface area is 155 Å². The molecule has 1 aromatic carbocycles. The molecule has 1 amide bonds. The number of nitrogens with zero attached hydrogens (tertiary/aromatic N) is 1. The minimum absolute atomic E-state index is 0.0536. The molecule has 0 radical (unpaired) electrons. The van der Waals surface area contributed by atoms with E-state index < -0.39 is 5.97 Å². The van der Waals surface area contributed by atoms with Gasteiger partial charge in [-0.1, -0.05) is 18.2 Å². The predicted molar refractivity (Wildman–Crippen MR) is 96.2 cm³/mol. The molecule has 27 heavy (non-hydrogen) atoms. The molecule has 7 nitrogen and oxygen atoms in total. The second-order valence-electron chi connectivity index (χ2n) is 5.54. The van der Waals surface area contributed by atoms with E-state index in [4.69, 9.17) is 13.9 Å². The molecule has 138 valence electrons. The highest BCUT2D eigenvalue weighted by atomic mass is 16.5. The highest BCUT2D eigenvalue weighted by molar-refractivity contribution is 5.91. The van der Waals surface area contributed by atoms with Crippen molar-refractivity contribution >= 4 is 11.9 Å². The Balaban J connectivity index is 1.47. The van der Waals surface area contributed by atoms with Gasteiger partial charge in [0.2, 0.25) is 0 Å². The van der Waals surface area contributed by atoms with Crippen molar-refractivity contribution in [2.24, 2.45) is 0 Å². The fourth-order valence-electron chi connectivity index (χ4n) is 2.26. The average molecular weight is 366 g/mol. The number of furan rings is 1. The van der Waals surface area contributed by atoms with Gasteiger partial charge in [0.15, 0.2) is 5.76 Å². The molecule has 2 aromatic heterocycles. The molecule has 0 aliphatic heterocycles. The van der Waals surface area contributed by atoms with Crippen molar-refractivity contribution in [3.8, 4) is 11.5 Å². The SMILES string of the molecule is O=C(CCNC(=O)c1ccco1)OCc1ccccc1Oc1cccnc1. The maximum atomic E-state index is 11.9. The number of rotatable bonds is 8. The molecule has 0 saturated carbocycles. The van der Waals surface area contributed by atoms with Crippen LogP contribution in [-0.2, 0) is 16.1 Å². The van der Waals surface area contributed by atoms with Crippen LogP contribution >= 0.6 is 0 Å². The van der Waals surface area contributed by atoms with E-state index in [0.717, 1.165) is 5.56 Å². The van der Waals surface area contributed by atoms with Gasteiger partial charge in [-0.15, -0.1) is 0 Å². The summed E-state index contributed by atoms with van der Waals surface area (Å²) in [6, 6.07) is 14.0. The second-order valence-corrected chi connectivity index (χ2v) is 5.54. The molecule has 0 aliphatic rings. The van der Waals surface area contributed by atoms with E-state index in [1.807, 2.05) is 18.2 Å². The van der Waals surface area contributed by atoms with Gasteiger partial charge < -0.3 is 19.2 Å². The highest BCUT2D eigenvalue weighted by Gasteiger charge is 2.11. The molecule has 0 atom stereocenters. The minimum atomic E-state index is -0.425. The average Bonchev–Trinajstić information content (AvgIpc) is 3.23. The van der Waals surface area contributed by atoms with Crippen LogP contribution in [0.15, 0.2) is 71.6 Å². The van der Waals surface area contributed by atoms with Crippen molar-refractivity contribution in [1.29, 1.82) is 0 Å². The van der Waals surface area contributed by atoms with Gasteiger partial charge in [-0.3, -0.25) is 14.6 Å². The molecule has 0 fully saturated rings. The van der Waals surface area contributed by atoms with Gasteiger partial charge in [0.05, 0.1) is 18.9 Å². The monoisotopic (exact) mass is 366 g/mol. The fourth-order valence-corrected chi connectivity index (χ4v) is 2.26. The summed E-state index contributed by atoms with van der Waals surface area (Å²) in [6.07, 6.45) is 4.72. The topological polar surface area (TPSA) is 90.7 Å². The van der Waals surface area contributed by atoms with Gasteiger partial charge in [0.1, 0.15) is 18.1 Å². The molecule has 0 aliphatic carbocycles. The first kappa shape index (κ1) is 18.2. The van der Waals surface area contributed by atoms with E-state index in [1.54, 1.807) is 42.7 Å². The Morgan fingerprint density at radius 1 is 1.07 bits per heavy atom. The van der Waals surface area contributed by atoms with Crippen molar-refractivity contribution in [1.82, 2.24) is 10.3 Å². The molecule has 0 spiro atoms. The zero-order chi connectivity index (χ0) is 18.9. The van der Waals surface area contributed by atoms with Gasteiger partial charge in [-0.05, 0) is 30.3 Å². The van der Waals surface area contributed by atoms with Gasteiger partial charge in [0, 0.05) is 18.3 Å². The van der Waals surface area contributed by atoms with Crippen molar-refractivity contribution in [3.63, 3.8) is 0 Å². The maximum absolute atomic E-state index is 11.9. The molecule has 1 N–H and O–H groups in total. The van der Waals surface area contributed by atoms with Crippen LogP contribution in [0.2, 0.25) is 0 Å². The third kappa shape index (κ3) is 5.43. The highest BCUT2D eigenvalue weighted by Crippen LogP contribution is 2.25. The normalized spacial score (nSPS) is 10.2. The summed E-state index contributed by atoms with van der Waals surface area (Å²) in [4.78, 5) is 27.6. The summed E-state index contributed by atoms with van der Waals surface area (Å²) in [5.74, 6) is 0.583. The molecule has 2 heterocycles. The van der Waals surface area contributed by atoms with Gasteiger partial charge in [0.25, 0.3) is 5.91 Å². The minimum Gasteiger partial charge on any atom is -0.461 e. The number of aromatic nitrogens is 1. The molecular formula is C20H18N2O5. The van der Waals surface area contributed by atoms with Crippen molar-refractivity contribution in [2.45, 2.75) is 13.0 Å². The molecule has 0 unspecified atom stereocenters. The lowest BCUT2D eigenvalue weighted by atomic mass is 10.2. The van der Waals surface area contributed by atoms with E-state index >= 15 is 0 Å². The Kier molecular flexibility index (Phi) is 6.19. The van der Waals surface area contributed by atoms with Crippen molar-refractivity contribution < 1.29 is 23.5 Å². The summed E-state index contributed by atoms with van der Waals surface area (Å²) in [6.45, 7) is 0.230. The van der Waals surface area contributed by atoms with Crippen LogP contribution in [0, 0.1) is 0 Å². The summed E-state index contributed by atoms with van der Waals surface area (Å²) >= 11 is 0. The second kappa shape index (κ2) is 9.19. The van der Waals surface area contributed by atoms with Gasteiger partial charge in [-0.25, -0.2) is 0 Å². The number of pyridine rings is 1. The summed E-state index contributed by atoms with van der Waals surface area (Å²) < 4.78 is 16.0. The van der Waals surface area contributed by atoms with Crippen LogP contribution in [0.4, 0.5) is 0 Å². The molecule has 7 heteroatoms. The van der Waals surface area contributed by atoms with Crippen LogP contribution in [0.25, 0.3) is 0 Å². The maximum Gasteiger partial charge on any atom is 0.307 e. The van der Waals surface area contributed by atoms with Crippen molar-refractivity contribution in [3.05, 3.63) is 78.5 Å². The molecule has 0 saturated heterocycles. The lowest BCUT2D eigenvalue weighted by Gasteiger charge is -2.11. The van der Waals surface area contributed by atoms with E-state index in [2.05, 4.69) is 10.3 Å². The number of carbonyl (C=O) groups excluding carboxylic acids is 2. The number of carbonyl (C=O) groups is 2. The predicted octanol–water partition coefficient (Wildman–Crippen LogP) is 3.33. The van der Waals surface area contributed by atoms with E-state index in [-0.39, 0.29) is 31.2 Å². The number of benzene rings is 1. The van der Waals surface area contributed by atoms with E-state index in [0.29, 0.717) is 11.5 Å². The smallest absolute Gasteiger partial charge is 0.307 e. The first-order valence-corrected chi connectivity index (χ1v) is 8.35. The lowest BCUT2D eigenvalue weighted by molar-refractivity contribution is -0.144. The van der Waals surface area contributed by atoms with Crippen LogP contribution in [0.5, 0.6) is 11.5 Å². The third-order valence-electron chi connectivity index (χ3n) is 3.58. The molecule has 0 bridgehead atoms. The molecular weight excluding hydrogens is 348 g/mol. The van der Waals surface area contributed by atoms with Crippen LogP contribution in [-0.4, -0.2) is 23.4 Å². The fraction of sp³-hybridized carbons (Fsp3) is 0.150. The van der Waals surface area contributed by atoms with Crippen LogP contribution in [0.1, 0.15) is 22.5 Å². The Morgan fingerprint density at radius 2 is 1.96 bits per heavy atom.